The van der Waals surface area contributed by atoms with E-state index in [0.717, 1.165) is 37.1 Å². The largest absolute Gasteiger partial charge is 0.296 e. The quantitative estimate of drug-likeness (QED) is 0.733. The smallest absolute Gasteiger partial charge is 0.257 e. The minimum atomic E-state index is -3.56. The highest BCUT2D eigenvalue weighted by atomic mass is 32.2. The van der Waals surface area contributed by atoms with Crippen LogP contribution in [-0.4, -0.2) is 30.6 Å². The molecule has 0 spiro atoms. The van der Waals surface area contributed by atoms with Crippen LogP contribution in [0.15, 0.2) is 29.2 Å². The van der Waals surface area contributed by atoms with E-state index in [-0.39, 0.29) is 16.8 Å². The lowest BCUT2D eigenvalue weighted by Gasteiger charge is -2.12. The highest BCUT2D eigenvalue weighted by molar-refractivity contribution is 7.89. The SMILES string of the molecule is CC(C)Cc1nnc(NC(=O)c2ccc(S(=O)(=O)NC3CCCC3)cc2)s1. The van der Waals surface area contributed by atoms with Gasteiger partial charge in [0.05, 0.1) is 4.90 Å². The molecule has 7 nitrogen and oxygen atoms in total. The molecule has 1 amide bonds. The third-order valence-corrected chi connectivity index (χ3v) is 6.77. The first-order chi connectivity index (χ1) is 12.8. The van der Waals surface area contributed by atoms with E-state index < -0.39 is 10.0 Å². The summed E-state index contributed by atoms with van der Waals surface area (Å²) < 4.78 is 27.6. The van der Waals surface area contributed by atoms with Crippen molar-refractivity contribution in [2.75, 3.05) is 5.32 Å². The summed E-state index contributed by atoms with van der Waals surface area (Å²) in [5.74, 6) is 0.129. The second-order valence-electron chi connectivity index (χ2n) is 7.18. The van der Waals surface area contributed by atoms with E-state index in [2.05, 4.69) is 34.1 Å². The van der Waals surface area contributed by atoms with Crippen LogP contribution < -0.4 is 10.0 Å². The number of carbonyl (C=O) groups is 1. The molecule has 1 fully saturated rings. The molecule has 0 unspecified atom stereocenters. The van der Waals surface area contributed by atoms with Crippen molar-refractivity contribution in [1.29, 1.82) is 0 Å². The van der Waals surface area contributed by atoms with Crippen molar-refractivity contribution in [2.45, 2.75) is 56.9 Å². The first-order valence-corrected chi connectivity index (χ1v) is 11.4. The Hall–Kier alpha value is -1.84. The molecule has 0 saturated heterocycles. The number of carbonyl (C=O) groups excluding carboxylic acids is 1. The Morgan fingerprint density at radius 1 is 1.19 bits per heavy atom. The van der Waals surface area contributed by atoms with Gasteiger partial charge in [-0.25, -0.2) is 13.1 Å². The molecule has 0 aliphatic heterocycles. The summed E-state index contributed by atoms with van der Waals surface area (Å²) in [6.07, 6.45) is 4.67. The second kappa shape index (κ2) is 8.45. The van der Waals surface area contributed by atoms with E-state index in [4.69, 9.17) is 0 Å². The molecular weight excluding hydrogens is 384 g/mol. The third-order valence-electron chi connectivity index (χ3n) is 4.37. The number of hydrogen-bond donors (Lipinski definition) is 2. The van der Waals surface area contributed by atoms with Crippen LogP contribution >= 0.6 is 11.3 Å². The van der Waals surface area contributed by atoms with Gasteiger partial charge in [0, 0.05) is 18.0 Å². The van der Waals surface area contributed by atoms with Gasteiger partial charge in [-0.2, -0.15) is 0 Å². The van der Waals surface area contributed by atoms with Gasteiger partial charge in [-0.3, -0.25) is 10.1 Å². The molecule has 1 aromatic heterocycles. The summed E-state index contributed by atoms with van der Waals surface area (Å²) in [5, 5.41) is 12.1. The maximum atomic E-state index is 12.4. The molecule has 0 radical (unpaired) electrons. The van der Waals surface area contributed by atoms with Crippen molar-refractivity contribution >= 4 is 32.4 Å². The van der Waals surface area contributed by atoms with Crippen LogP contribution in [0.25, 0.3) is 0 Å². The molecular formula is C18H24N4O3S2. The first kappa shape index (κ1) is 19.9. The summed E-state index contributed by atoms with van der Waals surface area (Å²) in [6, 6.07) is 5.94. The van der Waals surface area contributed by atoms with Gasteiger partial charge in [-0.15, -0.1) is 10.2 Å². The highest BCUT2D eigenvalue weighted by Gasteiger charge is 2.23. The number of nitrogens with one attached hydrogen (secondary N) is 2. The summed E-state index contributed by atoms with van der Waals surface area (Å²) in [5.41, 5.74) is 0.371. The molecule has 0 atom stereocenters. The van der Waals surface area contributed by atoms with Gasteiger partial charge in [0.1, 0.15) is 5.01 Å². The topological polar surface area (TPSA) is 101 Å². The van der Waals surface area contributed by atoms with Crippen LogP contribution in [0.3, 0.4) is 0 Å². The van der Waals surface area contributed by atoms with Crippen molar-refractivity contribution in [3.05, 3.63) is 34.8 Å². The van der Waals surface area contributed by atoms with Crippen molar-refractivity contribution in [3.8, 4) is 0 Å². The Morgan fingerprint density at radius 3 is 2.48 bits per heavy atom. The standard InChI is InChI=1S/C18H24N4O3S2/c1-12(2)11-16-20-21-18(26-16)19-17(23)13-7-9-15(10-8-13)27(24,25)22-14-5-3-4-6-14/h7-10,12,14,22H,3-6,11H2,1-2H3,(H,19,21,23). The third kappa shape index (κ3) is 5.33. The zero-order valence-corrected chi connectivity index (χ0v) is 17.1. The lowest BCUT2D eigenvalue weighted by Crippen LogP contribution is -2.32. The second-order valence-corrected chi connectivity index (χ2v) is 9.96. The molecule has 0 bridgehead atoms. The maximum absolute atomic E-state index is 12.4. The number of hydrogen-bond acceptors (Lipinski definition) is 6. The number of aromatic nitrogens is 2. The van der Waals surface area contributed by atoms with Crippen LogP contribution in [0.1, 0.15) is 54.9 Å². The summed E-state index contributed by atoms with van der Waals surface area (Å²) in [4.78, 5) is 12.5. The molecule has 2 aromatic rings. The highest BCUT2D eigenvalue weighted by Crippen LogP contribution is 2.21. The van der Waals surface area contributed by atoms with Crippen molar-refractivity contribution in [1.82, 2.24) is 14.9 Å². The van der Waals surface area contributed by atoms with Gasteiger partial charge in [0.2, 0.25) is 15.2 Å². The first-order valence-electron chi connectivity index (χ1n) is 9.09. The van der Waals surface area contributed by atoms with Gasteiger partial charge in [0.15, 0.2) is 0 Å². The molecule has 3 rings (SSSR count). The van der Waals surface area contributed by atoms with Gasteiger partial charge in [0.25, 0.3) is 5.91 Å². The van der Waals surface area contributed by atoms with Crippen LogP contribution in [0, 0.1) is 5.92 Å². The van der Waals surface area contributed by atoms with Gasteiger partial charge < -0.3 is 0 Å². The minimum Gasteiger partial charge on any atom is -0.296 e. The Morgan fingerprint density at radius 2 is 1.85 bits per heavy atom. The van der Waals surface area contributed by atoms with Crippen LogP contribution in [0.4, 0.5) is 5.13 Å². The maximum Gasteiger partial charge on any atom is 0.257 e. The Bertz CT molecular complexity index is 886. The average Bonchev–Trinajstić information content (AvgIpc) is 3.26. The van der Waals surface area contributed by atoms with Gasteiger partial charge in [-0.05, 0) is 43.0 Å². The zero-order chi connectivity index (χ0) is 19.4. The van der Waals surface area contributed by atoms with Crippen molar-refractivity contribution in [2.24, 2.45) is 5.92 Å². The minimum absolute atomic E-state index is 0.00964. The number of nitrogens with zero attached hydrogens (tertiary/aromatic N) is 2. The zero-order valence-electron chi connectivity index (χ0n) is 15.4. The van der Waals surface area contributed by atoms with Crippen molar-refractivity contribution < 1.29 is 13.2 Å². The molecule has 9 heteroatoms. The van der Waals surface area contributed by atoms with Crippen LogP contribution in [0.5, 0.6) is 0 Å². The van der Waals surface area contributed by atoms with E-state index in [1.54, 1.807) is 0 Å². The predicted octanol–water partition coefficient (Wildman–Crippen LogP) is 3.21. The van der Waals surface area contributed by atoms with Crippen LogP contribution in [-0.2, 0) is 16.4 Å². The molecule has 2 N–H and O–H groups in total. The van der Waals surface area contributed by atoms with Gasteiger partial charge in [-0.1, -0.05) is 38.0 Å². The lowest BCUT2D eigenvalue weighted by atomic mass is 10.1. The molecule has 27 heavy (non-hydrogen) atoms. The fourth-order valence-corrected chi connectivity index (χ4v) is 5.27. The van der Waals surface area contributed by atoms with Gasteiger partial charge >= 0.3 is 0 Å². The number of anilines is 1. The number of rotatable bonds is 7. The fourth-order valence-electron chi connectivity index (χ4n) is 3.02. The lowest BCUT2D eigenvalue weighted by molar-refractivity contribution is 0.102. The summed E-state index contributed by atoms with van der Waals surface area (Å²) in [7, 11) is -3.56. The molecule has 1 aromatic carbocycles. The normalized spacial score (nSPS) is 15.4. The Balaban J connectivity index is 1.63. The summed E-state index contributed by atoms with van der Waals surface area (Å²) >= 11 is 1.35. The molecule has 1 aliphatic rings. The van der Waals surface area contributed by atoms with E-state index in [9.17, 15) is 13.2 Å². The van der Waals surface area contributed by atoms with E-state index in [1.165, 1.54) is 35.6 Å². The summed E-state index contributed by atoms with van der Waals surface area (Å²) in [6.45, 7) is 4.19. The monoisotopic (exact) mass is 408 g/mol. The molecule has 1 saturated carbocycles. The number of benzene rings is 1. The predicted molar refractivity (Wildman–Crippen MR) is 105 cm³/mol. The Labute approximate surface area is 163 Å². The molecule has 1 aliphatic carbocycles. The Kier molecular flexibility index (Phi) is 6.23. The average molecular weight is 409 g/mol. The molecule has 146 valence electrons. The number of sulfonamides is 1. The van der Waals surface area contributed by atoms with Crippen molar-refractivity contribution in [3.63, 3.8) is 0 Å². The molecule has 1 heterocycles. The number of amides is 1. The van der Waals surface area contributed by atoms with E-state index >= 15 is 0 Å². The van der Waals surface area contributed by atoms with E-state index in [1.807, 2.05) is 0 Å². The fraction of sp³-hybridized carbons (Fsp3) is 0.500. The van der Waals surface area contributed by atoms with E-state index in [0.29, 0.717) is 16.6 Å². The van der Waals surface area contributed by atoms with Crippen LogP contribution in [0.2, 0.25) is 0 Å².